The fraction of sp³-hybridized carbons (Fsp3) is 0.500. The van der Waals surface area contributed by atoms with E-state index in [1.165, 1.54) is 11.1 Å². The van der Waals surface area contributed by atoms with Crippen molar-refractivity contribution in [1.29, 1.82) is 0 Å². The number of ether oxygens (including phenoxy) is 1. The number of thiazole rings is 1. The van der Waals surface area contributed by atoms with Crippen LogP contribution in [-0.2, 0) is 24.4 Å². The van der Waals surface area contributed by atoms with Crippen LogP contribution in [0, 0.1) is 5.92 Å². The molecular formula is C20H26N4O2S. The third kappa shape index (κ3) is 4.66. The number of primary amides is 1. The van der Waals surface area contributed by atoms with E-state index < -0.39 is 0 Å². The van der Waals surface area contributed by atoms with Gasteiger partial charge >= 0.3 is 0 Å². The van der Waals surface area contributed by atoms with Crippen molar-refractivity contribution in [2.75, 3.05) is 26.2 Å². The van der Waals surface area contributed by atoms with Gasteiger partial charge in [0, 0.05) is 43.3 Å². The van der Waals surface area contributed by atoms with E-state index in [0.29, 0.717) is 6.61 Å². The molecule has 1 aromatic heterocycles. The third-order valence-corrected chi connectivity index (χ3v) is 6.10. The Hall–Kier alpha value is -1.96. The standard InChI is InChI=1S/C20H26N4O2S/c21-20(25)16-2-1-6-23(12-16)11-15-3-4-18-17(10-15)13-24(7-8-26-18)14-19-22-5-9-27-19/h3-5,9-10,16H,1-2,6-8,11-14H2,(H2,21,25). The van der Waals surface area contributed by atoms with E-state index >= 15 is 0 Å². The fourth-order valence-electron chi connectivity index (χ4n) is 3.95. The van der Waals surface area contributed by atoms with Crippen molar-refractivity contribution >= 4 is 17.2 Å². The Morgan fingerprint density at radius 2 is 2.22 bits per heavy atom. The van der Waals surface area contributed by atoms with Crippen LogP contribution in [0.25, 0.3) is 0 Å². The summed E-state index contributed by atoms with van der Waals surface area (Å²) >= 11 is 1.70. The van der Waals surface area contributed by atoms with Gasteiger partial charge in [-0.25, -0.2) is 4.98 Å². The van der Waals surface area contributed by atoms with Crippen molar-refractivity contribution in [2.24, 2.45) is 11.7 Å². The summed E-state index contributed by atoms with van der Waals surface area (Å²) in [6, 6.07) is 6.49. The average molecular weight is 387 g/mol. The van der Waals surface area contributed by atoms with Gasteiger partial charge in [0.2, 0.25) is 5.91 Å². The molecule has 0 saturated carbocycles. The number of nitrogens with zero attached hydrogens (tertiary/aromatic N) is 3. The highest BCUT2D eigenvalue weighted by Gasteiger charge is 2.24. The van der Waals surface area contributed by atoms with Crippen LogP contribution in [0.4, 0.5) is 0 Å². The van der Waals surface area contributed by atoms with Crippen molar-refractivity contribution in [3.63, 3.8) is 0 Å². The molecule has 27 heavy (non-hydrogen) atoms. The average Bonchev–Trinajstić information content (AvgIpc) is 3.08. The number of amides is 1. The predicted molar refractivity (Wildman–Crippen MR) is 105 cm³/mol. The number of rotatable bonds is 5. The summed E-state index contributed by atoms with van der Waals surface area (Å²) in [6.45, 7) is 5.96. The second-order valence-electron chi connectivity index (χ2n) is 7.40. The van der Waals surface area contributed by atoms with E-state index in [-0.39, 0.29) is 11.8 Å². The first-order chi connectivity index (χ1) is 13.2. The van der Waals surface area contributed by atoms with Crippen LogP contribution in [0.5, 0.6) is 5.75 Å². The molecule has 2 aromatic rings. The van der Waals surface area contributed by atoms with Crippen LogP contribution < -0.4 is 10.5 Å². The molecule has 0 radical (unpaired) electrons. The highest BCUT2D eigenvalue weighted by molar-refractivity contribution is 7.09. The number of likely N-dealkylation sites (tertiary alicyclic amines) is 1. The van der Waals surface area contributed by atoms with Gasteiger partial charge in [-0.2, -0.15) is 0 Å². The second kappa shape index (κ2) is 8.37. The van der Waals surface area contributed by atoms with E-state index in [4.69, 9.17) is 10.5 Å². The van der Waals surface area contributed by atoms with Gasteiger partial charge in [-0.1, -0.05) is 6.07 Å². The van der Waals surface area contributed by atoms with Gasteiger partial charge in [0.15, 0.2) is 0 Å². The zero-order valence-corrected chi connectivity index (χ0v) is 16.3. The van der Waals surface area contributed by atoms with E-state index in [1.54, 1.807) is 11.3 Å². The highest BCUT2D eigenvalue weighted by Crippen LogP contribution is 2.27. The first-order valence-corrected chi connectivity index (χ1v) is 10.4. The molecule has 1 saturated heterocycles. The molecule has 2 N–H and O–H groups in total. The minimum absolute atomic E-state index is 0.0169. The third-order valence-electron chi connectivity index (χ3n) is 5.34. The van der Waals surface area contributed by atoms with Crippen LogP contribution in [-0.4, -0.2) is 46.9 Å². The molecule has 1 unspecified atom stereocenters. The molecule has 1 amide bonds. The Kier molecular flexibility index (Phi) is 5.71. The first kappa shape index (κ1) is 18.4. The van der Waals surface area contributed by atoms with Crippen molar-refractivity contribution in [2.45, 2.75) is 32.5 Å². The molecule has 2 aliphatic heterocycles. The maximum atomic E-state index is 11.5. The van der Waals surface area contributed by atoms with E-state index in [1.807, 2.05) is 11.6 Å². The monoisotopic (exact) mass is 386 g/mol. The molecule has 0 spiro atoms. The Balaban J connectivity index is 1.44. The molecule has 1 fully saturated rings. The molecule has 0 aliphatic carbocycles. The fourth-order valence-corrected chi connectivity index (χ4v) is 4.60. The zero-order valence-electron chi connectivity index (χ0n) is 15.5. The Labute approximate surface area is 163 Å². The molecule has 144 valence electrons. The van der Waals surface area contributed by atoms with Crippen molar-refractivity contribution in [3.05, 3.63) is 45.9 Å². The number of carbonyl (C=O) groups excluding carboxylic acids is 1. The topological polar surface area (TPSA) is 71.7 Å². The molecule has 1 aromatic carbocycles. The quantitative estimate of drug-likeness (QED) is 0.853. The summed E-state index contributed by atoms with van der Waals surface area (Å²) in [4.78, 5) is 20.6. The molecule has 4 rings (SSSR count). The minimum atomic E-state index is -0.173. The maximum Gasteiger partial charge on any atom is 0.221 e. The number of fused-ring (bicyclic) bond motifs is 1. The lowest BCUT2D eigenvalue weighted by Crippen LogP contribution is -2.40. The predicted octanol–water partition coefficient (Wildman–Crippen LogP) is 2.23. The highest BCUT2D eigenvalue weighted by atomic mass is 32.1. The van der Waals surface area contributed by atoms with Gasteiger partial charge in [0.05, 0.1) is 12.5 Å². The first-order valence-electron chi connectivity index (χ1n) is 9.54. The SMILES string of the molecule is NC(=O)C1CCCN(Cc2ccc3c(c2)CN(Cc2nccs2)CCO3)C1. The number of hydrogen-bond donors (Lipinski definition) is 1. The Morgan fingerprint density at radius 1 is 1.30 bits per heavy atom. The zero-order chi connectivity index (χ0) is 18.6. The Bertz CT molecular complexity index is 780. The van der Waals surface area contributed by atoms with Gasteiger partial charge in [0.25, 0.3) is 0 Å². The van der Waals surface area contributed by atoms with Crippen molar-refractivity contribution in [1.82, 2.24) is 14.8 Å². The van der Waals surface area contributed by atoms with Gasteiger partial charge < -0.3 is 10.5 Å². The summed E-state index contributed by atoms with van der Waals surface area (Å²) in [5.41, 5.74) is 8.00. The normalized spacial score (nSPS) is 21.3. The summed E-state index contributed by atoms with van der Waals surface area (Å²) in [5, 5.41) is 3.16. The molecule has 3 heterocycles. The van der Waals surface area contributed by atoms with Gasteiger partial charge in [-0.05, 0) is 37.1 Å². The van der Waals surface area contributed by atoms with Crippen LogP contribution in [0.3, 0.4) is 0 Å². The maximum absolute atomic E-state index is 11.5. The molecule has 6 nitrogen and oxygen atoms in total. The lowest BCUT2D eigenvalue weighted by Gasteiger charge is -2.31. The molecule has 2 aliphatic rings. The second-order valence-corrected chi connectivity index (χ2v) is 8.38. The summed E-state index contributed by atoms with van der Waals surface area (Å²) in [5.74, 6) is 0.790. The number of carbonyl (C=O) groups is 1. The van der Waals surface area contributed by atoms with E-state index in [0.717, 1.165) is 62.9 Å². The summed E-state index contributed by atoms with van der Waals surface area (Å²) in [6.07, 6.45) is 3.80. The lowest BCUT2D eigenvalue weighted by molar-refractivity contribution is -0.123. The smallest absolute Gasteiger partial charge is 0.221 e. The molecule has 0 bridgehead atoms. The number of benzene rings is 1. The number of aromatic nitrogens is 1. The van der Waals surface area contributed by atoms with Crippen molar-refractivity contribution in [3.8, 4) is 5.75 Å². The van der Waals surface area contributed by atoms with Crippen LogP contribution in [0.2, 0.25) is 0 Å². The van der Waals surface area contributed by atoms with E-state index in [2.05, 4.69) is 33.0 Å². The van der Waals surface area contributed by atoms with Crippen LogP contribution >= 0.6 is 11.3 Å². The Morgan fingerprint density at radius 3 is 3.04 bits per heavy atom. The van der Waals surface area contributed by atoms with Crippen LogP contribution in [0.15, 0.2) is 29.8 Å². The van der Waals surface area contributed by atoms with Gasteiger partial charge in [-0.15, -0.1) is 11.3 Å². The number of hydrogen-bond acceptors (Lipinski definition) is 6. The van der Waals surface area contributed by atoms with Gasteiger partial charge in [0.1, 0.15) is 17.4 Å². The number of piperidine rings is 1. The largest absolute Gasteiger partial charge is 0.492 e. The molecule has 1 atom stereocenters. The molecule has 7 heteroatoms. The summed E-state index contributed by atoms with van der Waals surface area (Å²) in [7, 11) is 0. The van der Waals surface area contributed by atoms with Crippen LogP contribution in [0.1, 0.15) is 29.0 Å². The van der Waals surface area contributed by atoms with Crippen molar-refractivity contribution < 1.29 is 9.53 Å². The summed E-state index contributed by atoms with van der Waals surface area (Å²) < 4.78 is 5.96. The lowest BCUT2D eigenvalue weighted by atomic mass is 9.97. The minimum Gasteiger partial charge on any atom is -0.492 e. The number of nitrogens with two attached hydrogens (primary N) is 1. The molecular weight excluding hydrogens is 360 g/mol. The van der Waals surface area contributed by atoms with E-state index in [9.17, 15) is 4.79 Å². The van der Waals surface area contributed by atoms with Gasteiger partial charge in [-0.3, -0.25) is 14.6 Å².